The number of fused-ring (bicyclic) bond motifs is 1. The van der Waals surface area contributed by atoms with Gasteiger partial charge in [0.15, 0.2) is 0 Å². The maximum absolute atomic E-state index is 12.4. The number of rotatable bonds is 6. The molecular weight excluding hydrogens is 314 g/mol. The molecule has 1 N–H and O–H groups in total. The van der Waals surface area contributed by atoms with E-state index in [1.807, 2.05) is 56.3 Å². The largest absolute Gasteiger partial charge is 0.391 e. The summed E-state index contributed by atoms with van der Waals surface area (Å²) in [5.41, 5.74) is 3.26. The van der Waals surface area contributed by atoms with Gasteiger partial charge in [-0.1, -0.05) is 31.2 Å². The van der Waals surface area contributed by atoms with Gasteiger partial charge in [-0.15, -0.1) is 0 Å². The minimum absolute atomic E-state index is 0.0900. The minimum atomic E-state index is -0.426. The second-order valence-electron chi connectivity index (χ2n) is 6.30. The predicted octanol–water partition coefficient (Wildman–Crippen LogP) is 2.78. The Morgan fingerprint density at radius 2 is 1.96 bits per heavy atom. The molecule has 1 aromatic carbocycles. The molecule has 3 aromatic rings. The van der Waals surface area contributed by atoms with E-state index in [0.717, 1.165) is 11.3 Å². The Hall–Kier alpha value is -2.66. The van der Waals surface area contributed by atoms with Crippen molar-refractivity contribution in [3.05, 3.63) is 76.3 Å². The smallest absolute Gasteiger partial charge is 0.258 e. The predicted molar refractivity (Wildman–Crippen MR) is 100.0 cm³/mol. The zero-order chi connectivity index (χ0) is 17.8. The summed E-state index contributed by atoms with van der Waals surface area (Å²) in [5.74, 6) is 0. The van der Waals surface area contributed by atoms with Gasteiger partial charge in [0.2, 0.25) is 0 Å². The summed E-state index contributed by atoms with van der Waals surface area (Å²) in [6.07, 6.45) is 2.05. The third-order valence-corrected chi connectivity index (χ3v) is 4.24. The Kier molecular flexibility index (Phi) is 5.14. The van der Waals surface area contributed by atoms with Crippen molar-refractivity contribution >= 4 is 11.3 Å². The summed E-state index contributed by atoms with van der Waals surface area (Å²) in [5, 5.41) is 10.1. The van der Waals surface area contributed by atoms with Crippen LogP contribution in [0.25, 0.3) is 5.65 Å². The summed E-state index contributed by atoms with van der Waals surface area (Å²) >= 11 is 0. The molecule has 5 nitrogen and oxygen atoms in total. The van der Waals surface area contributed by atoms with Gasteiger partial charge in [-0.05, 0) is 37.1 Å². The Balaban J connectivity index is 1.95. The van der Waals surface area contributed by atoms with Crippen LogP contribution >= 0.6 is 0 Å². The van der Waals surface area contributed by atoms with Crippen molar-refractivity contribution in [2.24, 2.45) is 0 Å². The normalized spacial score (nSPS) is 12.3. The molecule has 2 heterocycles. The van der Waals surface area contributed by atoms with Crippen LogP contribution in [0.5, 0.6) is 0 Å². The van der Waals surface area contributed by atoms with Crippen LogP contribution in [-0.4, -0.2) is 27.1 Å². The Labute approximate surface area is 147 Å². The lowest BCUT2D eigenvalue weighted by Crippen LogP contribution is -2.32. The third kappa shape index (κ3) is 4.06. The Bertz CT molecular complexity index is 906. The second-order valence-corrected chi connectivity index (χ2v) is 6.30. The summed E-state index contributed by atoms with van der Waals surface area (Å²) in [7, 11) is 0. The van der Waals surface area contributed by atoms with E-state index in [-0.39, 0.29) is 5.56 Å². The molecule has 0 unspecified atom stereocenters. The maximum Gasteiger partial charge on any atom is 0.258 e. The monoisotopic (exact) mass is 337 g/mol. The van der Waals surface area contributed by atoms with Crippen molar-refractivity contribution in [3.63, 3.8) is 0 Å². The first-order valence-corrected chi connectivity index (χ1v) is 8.54. The van der Waals surface area contributed by atoms with Crippen molar-refractivity contribution in [1.29, 1.82) is 0 Å². The molecule has 0 aliphatic heterocycles. The van der Waals surface area contributed by atoms with E-state index in [0.29, 0.717) is 30.9 Å². The Morgan fingerprint density at radius 1 is 1.20 bits per heavy atom. The lowest BCUT2D eigenvalue weighted by atomic mass is 10.2. The summed E-state index contributed by atoms with van der Waals surface area (Å²) < 4.78 is 1.56. The zero-order valence-electron chi connectivity index (χ0n) is 14.6. The SMILES string of the molecule is CC[C@@H](O)CN(Cc1cc(=O)n2cc(C)ccc2n1)c1ccccc1. The van der Waals surface area contributed by atoms with Crippen LogP contribution in [0.15, 0.2) is 59.5 Å². The van der Waals surface area contributed by atoms with E-state index in [1.54, 1.807) is 16.7 Å². The molecule has 1 atom stereocenters. The first kappa shape index (κ1) is 17.2. The molecule has 5 heteroatoms. The van der Waals surface area contributed by atoms with Crippen LogP contribution in [0.4, 0.5) is 5.69 Å². The number of aromatic nitrogens is 2. The highest BCUT2D eigenvalue weighted by molar-refractivity contribution is 5.47. The standard InChI is InChI=1S/C20H23N3O2/c1-3-18(24)14-22(17-7-5-4-6-8-17)13-16-11-20(25)23-12-15(2)9-10-19(23)21-16/h4-12,18,24H,3,13-14H2,1-2H3/t18-/m1/s1. The lowest BCUT2D eigenvalue weighted by Gasteiger charge is -2.26. The summed E-state index contributed by atoms with van der Waals surface area (Å²) in [6.45, 7) is 4.87. The molecule has 0 fully saturated rings. The fourth-order valence-corrected chi connectivity index (χ4v) is 2.82. The van der Waals surface area contributed by atoms with Crippen LogP contribution in [0.1, 0.15) is 24.6 Å². The van der Waals surface area contributed by atoms with Crippen molar-refractivity contribution in [1.82, 2.24) is 9.38 Å². The average Bonchev–Trinajstić information content (AvgIpc) is 2.62. The molecule has 25 heavy (non-hydrogen) atoms. The fourth-order valence-electron chi connectivity index (χ4n) is 2.82. The van der Waals surface area contributed by atoms with Crippen molar-refractivity contribution in [2.75, 3.05) is 11.4 Å². The molecule has 2 aromatic heterocycles. The number of hydrogen-bond donors (Lipinski definition) is 1. The number of aliphatic hydroxyl groups is 1. The number of pyridine rings is 1. The zero-order valence-corrected chi connectivity index (χ0v) is 14.6. The first-order chi connectivity index (χ1) is 12.1. The molecule has 3 rings (SSSR count). The van der Waals surface area contributed by atoms with Crippen LogP contribution in [0, 0.1) is 6.92 Å². The first-order valence-electron chi connectivity index (χ1n) is 8.54. The number of aryl methyl sites for hydroxylation is 1. The summed E-state index contributed by atoms with van der Waals surface area (Å²) in [6, 6.07) is 15.3. The van der Waals surface area contributed by atoms with Gasteiger partial charge in [0.05, 0.1) is 18.3 Å². The van der Waals surface area contributed by atoms with E-state index in [4.69, 9.17) is 0 Å². The topological polar surface area (TPSA) is 57.8 Å². The van der Waals surface area contributed by atoms with Gasteiger partial charge in [-0.25, -0.2) is 4.98 Å². The number of hydrogen-bond acceptors (Lipinski definition) is 4. The maximum atomic E-state index is 12.4. The van der Waals surface area contributed by atoms with Crippen LogP contribution in [0.2, 0.25) is 0 Å². The molecule has 0 amide bonds. The van der Waals surface area contributed by atoms with Gasteiger partial charge < -0.3 is 10.0 Å². The number of para-hydroxylation sites is 1. The van der Waals surface area contributed by atoms with Gasteiger partial charge in [-0.3, -0.25) is 9.20 Å². The van der Waals surface area contributed by atoms with Gasteiger partial charge in [-0.2, -0.15) is 0 Å². The summed E-state index contributed by atoms with van der Waals surface area (Å²) in [4.78, 5) is 19.1. The highest BCUT2D eigenvalue weighted by Crippen LogP contribution is 2.17. The van der Waals surface area contributed by atoms with E-state index < -0.39 is 6.10 Å². The minimum Gasteiger partial charge on any atom is -0.391 e. The highest BCUT2D eigenvalue weighted by atomic mass is 16.3. The molecule has 0 bridgehead atoms. The molecule has 0 aliphatic carbocycles. The molecule has 0 radical (unpaired) electrons. The van der Waals surface area contributed by atoms with Gasteiger partial charge >= 0.3 is 0 Å². The average molecular weight is 337 g/mol. The third-order valence-electron chi connectivity index (χ3n) is 4.24. The van der Waals surface area contributed by atoms with Gasteiger partial charge in [0.1, 0.15) is 5.65 Å². The second kappa shape index (κ2) is 7.49. The van der Waals surface area contributed by atoms with E-state index in [2.05, 4.69) is 9.88 Å². The lowest BCUT2D eigenvalue weighted by molar-refractivity contribution is 0.175. The van der Waals surface area contributed by atoms with E-state index >= 15 is 0 Å². The van der Waals surface area contributed by atoms with Crippen molar-refractivity contribution < 1.29 is 5.11 Å². The van der Waals surface area contributed by atoms with E-state index in [1.165, 1.54) is 0 Å². The molecule has 0 saturated carbocycles. The Morgan fingerprint density at radius 3 is 2.68 bits per heavy atom. The molecule has 0 saturated heterocycles. The molecular formula is C20H23N3O2. The van der Waals surface area contributed by atoms with Gasteiger partial charge in [0.25, 0.3) is 5.56 Å². The number of nitrogens with zero attached hydrogens (tertiary/aromatic N) is 3. The highest BCUT2D eigenvalue weighted by Gasteiger charge is 2.13. The van der Waals surface area contributed by atoms with E-state index in [9.17, 15) is 9.90 Å². The quantitative estimate of drug-likeness (QED) is 0.751. The number of benzene rings is 1. The van der Waals surface area contributed by atoms with Crippen molar-refractivity contribution in [2.45, 2.75) is 32.9 Å². The molecule has 0 spiro atoms. The van der Waals surface area contributed by atoms with Gasteiger partial charge in [0, 0.05) is 24.5 Å². The van der Waals surface area contributed by atoms with Crippen LogP contribution < -0.4 is 10.5 Å². The van der Waals surface area contributed by atoms with Crippen molar-refractivity contribution in [3.8, 4) is 0 Å². The number of aliphatic hydroxyl groups excluding tert-OH is 1. The van der Waals surface area contributed by atoms with Crippen LogP contribution in [-0.2, 0) is 6.54 Å². The molecule has 0 aliphatic rings. The molecule has 130 valence electrons. The fraction of sp³-hybridized carbons (Fsp3) is 0.300. The number of anilines is 1. The van der Waals surface area contributed by atoms with Crippen LogP contribution in [0.3, 0.4) is 0 Å².